The van der Waals surface area contributed by atoms with E-state index in [-0.39, 0.29) is 5.56 Å². The van der Waals surface area contributed by atoms with Gasteiger partial charge in [0.25, 0.3) is 0 Å². The highest BCUT2D eigenvalue weighted by Crippen LogP contribution is 2.20. The average molecular weight is 269 g/mol. The highest BCUT2D eigenvalue weighted by molar-refractivity contribution is 5.90. The lowest BCUT2D eigenvalue weighted by Crippen LogP contribution is -2.41. The highest BCUT2D eigenvalue weighted by Gasteiger charge is 2.28. The first kappa shape index (κ1) is 14.9. The fraction of sp³-hybridized carbons (Fsp3) is 0.385. The Balaban J connectivity index is 2.96. The molecule has 0 aromatic heterocycles. The van der Waals surface area contributed by atoms with Crippen LogP contribution in [0.2, 0.25) is 0 Å². The summed E-state index contributed by atoms with van der Waals surface area (Å²) < 4.78 is 22.8. The lowest BCUT2D eigenvalue weighted by molar-refractivity contribution is -0.144. The first-order valence-corrected chi connectivity index (χ1v) is 5.56. The Morgan fingerprint density at radius 2 is 1.84 bits per heavy atom. The Hall–Kier alpha value is -2.11. The van der Waals surface area contributed by atoms with Crippen LogP contribution in [-0.2, 0) is 14.3 Å². The summed E-state index contributed by atoms with van der Waals surface area (Å²) in [6.45, 7) is 3.20. The van der Waals surface area contributed by atoms with Crippen molar-refractivity contribution in [1.29, 1.82) is 0 Å². The number of carbonyl (C=O) groups excluding carboxylic acids is 2. The first-order valence-electron chi connectivity index (χ1n) is 5.56. The lowest BCUT2D eigenvalue weighted by Gasteiger charge is -2.24. The van der Waals surface area contributed by atoms with Crippen LogP contribution >= 0.6 is 0 Å². The number of halogens is 1. The number of hydrogen-bond donors (Lipinski definition) is 1. The summed E-state index contributed by atoms with van der Waals surface area (Å²) in [6.07, 6.45) is 0. The van der Waals surface area contributed by atoms with Gasteiger partial charge in [0.05, 0.1) is 19.8 Å². The number of benzene rings is 1. The molecule has 0 spiro atoms. The number of hydrogen-bond acceptors (Lipinski definition) is 5. The predicted molar refractivity (Wildman–Crippen MR) is 67.5 cm³/mol. The first-order chi connectivity index (χ1) is 8.81. The Bertz CT molecular complexity index is 499. The van der Waals surface area contributed by atoms with Crippen molar-refractivity contribution in [2.75, 3.05) is 19.5 Å². The van der Waals surface area contributed by atoms with E-state index in [1.165, 1.54) is 26.4 Å². The fourth-order valence-corrected chi connectivity index (χ4v) is 1.54. The molecule has 5 nitrogen and oxygen atoms in total. The minimum absolute atomic E-state index is 0.163. The van der Waals surface area contributed by atoms with Crippen LogP contribution in [0.1, 0.15) is 24.2 Å². The van der Waals surface area contributed by atoms with E-state index >= 15 is 0 Å². The van der Waals surface area contributed by atoms with Crippen LogP contribution in [0.5, 0.6) is 0 Å². The van der Waals surface area contributed by atoms with Gasteiger partial charge in [-0.2, -0.15) is 0 Å². The standard InChI is InChI=1S/C13H16FNO4/c1-13(2,12(17)19-4)15-8-5-6-9(10(14)7-8)11(16)18-3/h5-7,15H,1-4H3. The van der Waals surface area contributed by atoms with E-state index in [9.17, 15) is 14.0 Å². The third-order valence-electron chi connectivity index (χ3n) is 2.53. The molecule has 0 saturated carbocycles. The molecule has 0 bridgehead atoms. The molecular weight excluding hydrogens is 253 g/mol. The van der Waals surface area contributed by atoms with Crippen LogP contribution in [0.4, 0.5) is 10.1 Å². The maximum absolute atomic E-state index is 13.7. The topological polar surface area (TPSA) is 64.6 Å². The molecule has 0 radical (unpaired) electrons. The molecule has 0 aliphatic carbocycles. The van der Waals surface area contributed by atoms with Crippen molar-refractivity contribution in [1.82, 2.24) is 0 Å². The molecule has 0 fully saturated rings. The maximum Gasteiger partial charge on any atom is 0.340 e. The molecule has 0 atom stereocenters. The summed E-state index contributed by atoms with van der Waals surface area (Å²) in [4.78, 5) is 22.7. The van der Waals surface area contributed by atoms with Gasteiger partial charge in [-0.05, 0) is 32.0 Å². The van der Waals surface area contributed by atoms with Crippen LogP contribution in [0.3, 0.4) is 0 Å². The molecule has 1 aromatic rings. The Morgan fingerprint density at radius 1 is 1.21 bits per heavy atom. The molecule has 1 aromatic carbocycles. The number of ether oxygens (including phenoxy) is 2. The van der Waals surface area contributed by atoms with Crippen molar-refractivity contribution in [3.63, 3.8) is 0 Å². The highest BCUT2D eigenvalue weighted by atomic mass is 19.1. The summed E-state index contributed by atoms with van der Waals surface area (Å²) in [5, 5.41) is 2.83. The van der Waals surface area contributed by atoms with E-state index in [1.807, 2.05) is 0 Å². The van der Waals surface area contributed by atoms with Gasteiger partial charge in [0.2, 0.25) is 0 Å². The molecule has 0 unspecified atom stereocenters. The zero-order chi connectivity index (χ0) is 14.6. The summed E-state index contributed by atoms with van der Waals surface area (Å²) in [6, 6.07) is 3.90. The van der Waals surface area contributed by atoms with E-state index in [4.69, 9.17) is 0 Å². The lowest BCUT2D eigenvalue weighted by atomic mass is 10.1. The Kier molecular flexibility index (Phi) is 4.47. The third-order valence-corrected chi connectivity index (χ3v) is 2.53. The predicted octanol–water partition coefficient (Wildman–Crippen LogP) is 1.98. The number of nitrogens with one attached hydrogen (secondary N) is 1. The molecule has 0 aliphatic rings. The van der Waals surface area contributed by atoms with Crippen LogP contribution in [-0.4, -0.2) is 31.7 Å². The van der Waals surface area contributed by atoms with Gasteiger partial charge in [0, 0.05) is 5.69 Å². The largest absolute Gasteiger partial charge is 0.467 e. The van der Waals surface area contributed by atoms with E-state index in [0.717, 1.165) is 6.07 Å². The number of anilines is 1. The van der Waals surface area contributed by atoms with Gasteiger partial charge < -0.3 is 14.8 Å². The van der Waals surface area contributed by atoms with Crippen LogP contribution in [0.25, 0.3) is 0 Å². The number of methoxy groups -OCH3 is 2. The summed E-state index contributed by atoms with van der Waals surface area (Å²) in [5.74, 6) is -1.96. The van der Waals surface area contributed by atoms with E-state index < -0.39 is 23.3 Å². The van der Waals surface area contributed by atoms with Gasteiger partial charge >= 0.3 is 11.9 Å². The zero-order valence-corrected chi connectivity index (χ0v) is 11.2. The van der Waals surface area contributed by atoms with Gasteiger partial charge in [-0.15, -0.1) is 0 Å². The maximum atomic E-state index is 13.7. The van der Waals surface area contributed by atoms with Crippen molar-refractivity contribution in [2.45, 2.75) is 19.4 Å². The number of carbonyl (C=O) groups is 2. The molecule has 0 heterocycles. The quantitative estimate of drug-likeness (QED) is 0.847. The molecule has 0 aliphatic heterocycles. The second-order valence-corrected chi connectivity index (χ2v) is 4.43. The second kappa shape index (κ2) is 5.69. The molecule has 1 rings (SSSR count). The van der Waals surface area contributed by atoms with Gasteiger partial charge in [-0.1, -0.05) is 0 Å². The van der Waals surface area contributed by atoms with Crippen LogP contribution in [0, 0.1) is 5.82 Å². The van der Waals surface area contributed by atoms with E-state index in [0.29, 0.717) is 5.69 Å². The summed E-state index contributed by atoms with van der Waals surface area (Å²) in [7, 11) is 2.45. The average Bonchev–Trinajstić information content (AvgIpc) is 2.36. The monoisotopic (exact) mass is 269 g/mol. The number of rotatable bonds is 4. The van der Waals surface area contributed by atoms with E-state index in [2.05, 4.69) is 14.8 Å². The van der Waals surface area contributed by atoms with Gasteiger partial charge in [-0.3, -0.25) is 0 Å². The van der Waals surface area contributed by atoms with Crippen molar-refractivity contribution >= 4 is 17.6 Å². The van der Waals surface area contributed by atoms with Crippen LogP contribution < -0.4 is 5.32 Å². The minimum Gasteiger partial charge on any atom is -0.467 e. The van der Waals surface area contributed by atoms with E-state index in [1.54, 1.807) is 13.8 Å². The molecule has 0 saturated heterocycles. The molecule has 104 valence electrons. The normalized spacial score (nSPS) is 10.8. The smallest absolute Gasteiger partial charge is 0.340 e. The van der Waals surface area contributed by atoms with Gasteiger partial charge in [-0.25, -0.2) is 14.0 Å². The Morgan fingerprint density at radius 3 is 2.32 bits per heavy atom. The molecule has 19 heavy (non-hydrogen) atoms. The minimum atomic E-state index is -1.01. The molecule has 0 amide bonds. The van der Waals surface area contributed by atoms with Gasteiger partial charge in [0.15, 0.2) is 0 Å². The number of esters is 2. The van der Waals surface area contributed by atoms with Crippen molar-refractivity contribution in [3.8, 4) is 0 Å². The molecule has 1 N–H and O–H groups in total. The SMILES string of the molecule is COC(=O)c1ccc(NC(C)(C)C(=O)OC)cc1F. The van der Waals surface area contributed by atoms with Crippen LogP contribution in [0.15, 0.2) is 18.2 Å². The summed E-state index contributed by atoms with van der Waals surface area (Å²) in [5.41, 5.74) is -0.807. The second-order valence-electron chi connectivity index (χ2n) is 4.43. The molecular formula is C13H16FNO4. The van der Waals surface area contributed by atoms with Crippen molar-refractivity contribution < 1.29 is 23.5 Å². The fourth-order valence-electron chi connectivity index (χ4n) is 1.54. The van der Waals surface area contributed by atoms with Crippen molar-refractivity contribution in [3.05, 3.63) is 29.6 Å². The van der Waals surface area contributed by atoms with Crippen molar-refractivity contribution in [2.24, 2.45) is 0 Å². The zero-order valence-electron chi connectivity index (χ0n) is 11.2. The Labute approximate surface area is 110 Å². The van der Waals surface area contributed by atoms with Gasteiger partial charge in [0.1, 0.15) is 11.4 Å². The molecule has 6 heteroatoms. The third kappa shape index (κ3) is 3.43. The summed E-state index contributed by atoms with van der Waals surface area (Å²) >= 11 is 0.